The standard InChI is InChI=1S/C10H8ClF3O2/c11-8-4-2-1-3-7(8)5-6-16-9(15)10(12,13)14/h1-4H,5-6H2. The molecule has 0 heterocycles. The lowest BCUT2D eigenvalue weighted by molar-refractivity contribution is -0.199. The van der Waals surface area contributed by atoms with E-state index in [1.54, 1.807) is 24.3 Å². The number of rotatable bonds is 3. The van der Waals surface area contributed by atoms with Crippen LogP contribution in [0.5, 0.6) is 0 Å². The van der Waals surface area contributed by atoms with Crippen LogP contribution in [-0.4, -0.2) is 18.8 Å². The van der Waals surface area contributed by atoms with Crippen molar-refractivity contribution in [2.45, 2.75) is 12.6 Å². The van der Waals surface area contributed by atoms with Gasteiger partial charge >= 0.3 is 12.1 Å². The third-order valence-corrected chi connectivity index (χ3v) is 2.16. The molecule has 0 amide bonds. The zero-order valence-electron chi connectivity index (χ0n) is 8.05. The van der Waals surface area contributed by atoms with Crippen LogP contribution in [-0.2, 0) is 16.0 Å². The Hall–Kier alpha value is -1.23. The van der Waals surface area contributed by atoms with Gasteiger partial charge in [-0.05, 0) is 11.6 Å². The smallest absolute Gasteiger partial charge is 0.459 e. The van der Waals surface area contributed by atoms with Crippen LogP contribution in [0.1, 0.15) is 5.56 Å². The fraction of sp³-hybridized carbons (Fsp3) is 0.300. The van der Waals surface area contributed by atoms with Crippen molar-refractivity contribution in [2.75, 3.05) is 6.61 Å². The molecule has 1 aromatic carbocycles. The van der Waals surface area contributed by atoms with Gasteiger partial charge in [0.2, 0.25) is 0 Å². The van der Waals surface area contributed by atoms with E-state index >= 15 is 0 Å². The highest BCUT2D eigenvalue weighted by Gasteiger charge is 2.40. The van der Waals surface area contributed by atoms with E-state index in [-0.39, 0.29) is 13.0 Å². The lowest BCUT2D eigenvalue weighted by Crippen LogP contribution is -2.26. The Bertz CT molecular complexity index is 377. The second-order valence-electron chi connectivity index (χ2n) is 2.98. The molecule has 0 fully saturated rings. The Morgan fingerprint density at radius 1 is 1.31 bits per heavy atom. The van der Waals surface area contributed by atoms with Crippen LogP contribution in [0.3, 0.4) is 0 Å². The summed E-state index contributed by atoms with van der Waals surface area (Å²) in [7, 11) is 0. The van der Waals surface area contributed by atoms with Crippen LogP contribution in [0.15, 0.2) is 24.3 Å². The fourth-order valence-corrected chi connectivity index (χ4v) is 1.27. The Morgan fingerprint density at radius 3 is 2.50 bits per heavy atom. The summed E-state index contributed by atoms with van der Waals surface area (Å²) in [6, 6.07) is 6.67. The van der Waals surface area contributed by atoms with E-state index in [9.17, 15) is 18.0 Å². The molecule has 0 N–H and O–H groups in total. The van der Waals surface area contributed by atoms with Gasteiger partial charge in [0.25, 0.3) is 0 Å². The minimum atomic E-state index is -4.94. The molecule has 0 aromatic heterocycles. The normalized spacial score (nSPS) is 11.2. The summed E-state index contributed by atoms with van der Waals surface area (Å²) in [4.78, 5) is 10.4. The predicted octanol–water partition coefficient (Wildman–Crippen LogP) is 2.99. The summed E-state index contributed by atoms with van der Waals surface area (Å²) in [6.45, 7) is -0.345. The number of benzene rings is 1. The van der Waals surface area contributed by atoms with Gasteiger partial charge in [-0.3, -0.25) is 0 Å². The Balaban J connectivity index is 2.43. The van der Waals surface area contributed by atoms with Crippen molar-refractivity contribution in [3.8, 4) is 0 Å². The zero-order valence-corrected chi connectivity index (χ0v) is 8.81. The minimum Gasteiger partial charge on any atom is -0.459 e. The lowest BCUT2D eigenvalue weighted by atomic mass is 10.2. The van der Waals surface area contributed by atoms with E-state index in [2.05, 4.69) is 4.74 Å². The fourth-order valence-electron chi connectivity index (χ4n) is 1.04. The van der Waals surface area contributed by atoms with Crippen LogP contribution in [0.4, 0.5) is 13.2 Å². The van der Waals surface area contributed by atoms with Crippen LogP contribution in [0.25, 0.3) is 0 Å². The number of alkyl halides is 3. The lowest BCUT2D eigenvalue weighted by Gasteiger charge is -2.07. The van der Waals surface area contributed by atoms with Gasteiger partial charge in [-0.15, -0.1) is 0 Å². The largest absolute Gasteiger partial charge is 0.490 e. The molecule has 0 bridgehead atoms. The molecule has 16 heavy (non-hydrogen) atoms. The van der Waals surface area contributed by atoms with Gasteiger partial charge in [-0.2, -0.15) is 13.2 Å². The highest BCUT2D eigenvalue weighted by molar-refractivity contribution is 6.31. The van der Waals surface area contributed by atoms with Gasteiger partial charge in [0.15, 0.2) is 0 Å². The molecule has 0 aliphatic carbocycles. The van der Waals surface area contributed by atoms with Gasteiger partial charge < -0.3 is 4.74 Å². The quantitative estimate of drug-likeness (QED) is 0.773. The average Bonchev–Trinajstić information content (AvgIpc) is 2.19. The first-order valence-electron chi connectivity index (χ1n) is 4.38. The Kier molecular flexibility index (Phi) is 4.18. The van der Waals surface area contributed by atoms with Crippen molar-refractivity contribution in [3.63, 3.8) is 0 Å². The van der Waals surface area contributed by atoms with Crippen molar-refractivity contribution in [1.29, 1.82) is 0 Å². The van der Waals surface area contributed by atoms with E-state index in [0.29, 0.717) is 10.6 Å². The van der Waals surface area contributed by atoms with Crippen molar-refractivity contribution in [2.24, 2.45) is 0 Å². The molecule has 1 aromatic rings. The summed E-state index contributed by atoms with van der Waals surface area (Å²) in [5.41, 5.74) is 0.638. The number of esters is 1. The molecule has 6 heteroatoms. The Morgan fingerprint density at radius 2 is 1.94 bits per heavy atom. The minimum absolute atomic E-state index is 0.154. The molecule has 0 aliphatic heterocycles. The third-order valence-electron chi connectivity index (χ3n) is 1.79. The molecule has 0 atom stereocenters. The first-order valence-corrected chi connectivity index (χ1v) is 4.76. The molecule has 88 valence electrons. The molecule has 1 rings (SSSR count). The topological polar surface area (TPSA) is 26.3 Å². The molecule has 0 radical (unpaired) electrons. The van der Waals surface area contributed by atoms with Crippen LogP contribution in [0, 0.1) is 0 Å². The van der Waals surface area contributed by atoms with Crippen molar-refractivity contribution in [1.82, 2.24) is 0 Å². The maximum Gasteiger partial charge on any atom is 0.490 e. The summed E-state index contributed by atoms with van der Waals surface area (Å²) in [5.74, 6) is -2.18. The van der Waals surface area contributed by atoms with E-state index in [1.165, 1.54) is 0 Å². The summed E-state index contributed by atoms with van der Waals surface area (Å²) in [6.07, 6.45) is -4.79. The molecule has 0 saturated heterocycles. The SMILES string of the molecule is O=C(OCCc1ccccc1Cl)C(F)(F)F. The summed E-state index contributed by atoms with van der Waals surface area (Å²) < 4.78 is 39.3. The van der Waals surface area contributed by atoms with Gasteiger partial charge in [0, 0.05) is 11.4 Å². The van der Waals surface area contributed by atoms with E-state index < -0.39 is 12.1 Å². The highest BCUT2D eigenvalue weighted by atomic mass is 35.5. The summed E-state index contributed by atoms with van der Waals surface area (Å²) >= 11 is 5.77. The molecular weight excluding hydrogens is 245 g/mol. The number of hydrogen-bond acceptors (Lipinski definition) is 2. The number of halogens is 4. The number of carbonyl (C=O) groups is 1. The molecule has 0 spiro atoms. The van der Waals surface area contributed by atoms with Crippen LogP contribution >= 0.6 is 11.6 Å². The first-order chi connectivity index (χ1) is 7.41. The monoisotopic (exact) mass is 252 g/mol. The second-order valence-corrected chi connectivity index (χ2v) is 3.38. The second kappa shape index (κ2) is 5.21. The third kappa shape index (κ3) is 3.73. The number of carbonyl (C=O) groups excluding carboxylic acids is 1. The highest BCUT2D eigenvalue weighted by Crippen LogP contribution is 2.18. The maximum atomic E-state index is 11.8. The van der Waals surface area contributed by atoms with Crippen molar-refractivity contribution in [3.05, 3.63) is 34.9 Å². The molecule has 2 nitrogen and oxygen atoms in total. The Labute approximate surface area is 95.0 Å². The summed E-state index contributed by atoms with van der Waals surface area (Å²) in [5, 5.41) is 0.436. The van der Waals surface area contributed by atoms with Gasteiger partial charge in [-0.1, -0.05) is 29.8 Å². The van der Waals surface area contributed by atoms with Gasteiger partial charge in [-0.25, -0.2) is 4.79 Å². The van der Waals surface area contributed by atoms with Crippen LogP contribution < -0.4 is 0 Å². The van der Waals surface area contributed by atoms with Crippen LogP contribution in [0.2, 0.25) is 5.02 Å². The zero-order chi connectivity index (χ0) is 12.2. The molecule has 0 saturated carbocycles. The molecule has 0 aliphatic rings. The predicted molar refractivity (Wildman–Crippen MR) is 52.2 cm³/mol. The molecular formula is C10H8ClF3O2. The molecule has 0 unspecified atom stereocenters. The number of ether oxygens (including phenoxy) is 1. The van der Waals surface area contributed by atoms with E-state index in [0.717, 1.165) is 0 Å². The van der Waals surface area contributed by atoms with Crippen molar-refractivity contribution < 1.29 is 22.7 Å². The maximum absolute atomic E-state index is 11.8. The average molecular weight is 253 g/mol. The van der Waals surface area contributed by atoms with E-state index in [1.807, 2.05) is 0 Å². The number of hydrogen-bond donors (Lipinski definition) is 0. The van der Waals surface area contributed by atoms with Gasteiger partial charge in [0.1, 0.15) is 0 Å². The van der Waals surface area contributed by atoms with Gasteiger partial charge in [0.05, 0.1) is 6.61 Å². The first kappa shape index (κ1) is 12.8. The van der Waals surface area contributed by atoms with Crippen molar-refractivity contribution >= 4 is 17.6 Å². The van der Waals surface area contributed by atoms with E-state index in [4.69, 9.17) is 11.6 Å².